The van der Waals surface area contributed by atoms with E-state index in [1.807, 2.05) is 49.1 Å². The topological polar surface area (TPSA) is 55.6 Å². The van der Waals surface area contributed by atoms with Gasteiger partial charge in [0.15, 0.2) is 0 Å². The van der Waals surface area contributed by atoms with E-state index in [0.29, 0.717) is 26.3 Å². The second kappa shape index (κ2) is 5.72. The Bertz CT molecular complexity index is 431. The van der Waals surface area contributed by atoms with Crippen molar-refractivity contribution in [2.45, 2.75) is 25.3 Å². The molecule has 0 aliphatic carbocycles. The Morgan fingerprint density at radius 3 is 2.74 bits per heavy atom. The van der Waals surface area contributed by atoms with Crippen molar-refractivity contribution < 1.29 is 9.53 Å². The van der Waals surface area contributed by atoms with Crippen molar-refractivity contribution in [3.63, 3.8) is 0 Å². The van der Waals surface area contributed by atoms with Crippen LogP contribution < -0.4 is 5.73 Å². The Balaban J connectivity index is 2.22. The van der Waals surface area contributed by atoms with E-state index in [1.54, 1.807) is 0 Å². The van der Waals surface area contributed by atoms with Gasteiger partial charge in [0, 0.05) is 13.1 Å². The molecule has 4 nitrogen and oxygen atoms in total. The molecule has 0 aromatic heterocycles. The summed E-state index contributed by atoms with van der Waals surface area (Å²) in [6.07, 6.45) is 0. The second-order valence-electron chi connectivity index (χ2n) is 5.45. The number of morpholine rings is 1. The number of carbonyl (C=O) groups excluding carboxylic acids is 1. The van der Waals surface area contributed by atoms with Gasteiger partial charge in [0.1, 0.15) is 0 Å². The lowest BCUT2D eigenvalue weighted by Crippen LogP contribution is -2.56. The van der Waals surface area contributed by atoms with Crippen LogP contribution in [0.4, 0.5) is 0 Å². The van der Waals surface area contributed by atoms with Crippen LogP contribution in [-0.4, -0.2) is 43.2 Å². The first-order chi connectivity index (χ1) is 9.07. The molecule has 1 heterocycles. The highest BCUT2D eigenvalue weighted by Gasteiger charge is 2.37. The zero-order valence-electron chi connectivity index (χ0n) is 11.6. The van der Waals surface area contributed by atoms with Crippen LogP contribution in [0.1, 0.15) is 19.4 Å². The number of nitrogens with zero attached hydrogens (tertiary/aromatic N) is 1. The van der Waals surface area contributed by atoms with Crippen LogP contribution >= 0.6 is 0 Å². The number of carbonyl (C=O) groups is 1. The van der Waals surface area contributed by atoms with Gasteiger partial charge < -0.3 is 15.4 Å². The number of hydrogen-bond donors (Lipinski definition) is 1. The minimum absolute atomic E-state index is 0.00997. The van der Waals surface area contributed by atoms with Gasteiger partial charge in [0.2, 0.25) is 5.91 Å². The number of benzene rings is 1. The Morgan fingerprint density at radius 1 is 1.42 bits per heavy atom. The van der Waals surface area contributed by atoms with E-state index in [0.717, 1.165) is 5.56 Å². The normalized spacial score (nSPS) is 20.4. The number of nitrogens with two attached hydrogens (primary N) is 1. The van der Waals surface area contributed by atoms with E-state index in [2.05, 4.69) is 0 Å². The van der Waals surface area contributed by atoms with Crippen molar-refractivity contribution in [3.05, 3.63) is 35.9 Å². The minimum Gasteiger partial charge on any atom is -0.377 e. The third-order valence-electron chi connectivity index (χ3n) is 3.79. The molecule has 1 aromatic carbocycles. The fourth-order valence-electron chi connectivity index (χ4n) is 2.45. The maximum Gasteiger partial charge on any atom is 0.233 e. The summed E-state index contributed by atoms with van der Waals surface area (Å²) in [5.74, 6) is 0.123. The number of amides is 1. The summed E-state index contributed by atoms with van der Waals surface area (Å²) in [5.41, 5.74) is 6.23. The fourth-order valence-corrected chi connectivity index (χ4v) is 2.45. The van der Waals surface area contributed by atoms with E-state index >= 15 is 0 Å². The predicted molar refractivity (Wildman–Crippen MR) is 74.8 cm³/mol. The van der Waals surface area contributed by atoms with E-state index in [4.69, 9.17) is 10.5 Å². The molecular formula is C15H22N2O2. The summed E-state index contributed by atoms with van der Waals surface area (Å²) in [4.78, 5) is 14.7. The predicted octanol–water partition coefficient (Wildman–Crippen LogP) is 1.15. The molecule has 1 aliphatic heterocycles. The van der Waals surface area contributed by atoms with Gasteiger partial charge in [-0.1, -0.05) is 30.3 Å². The lowest BCUT2D eigenvalue weighted by molar-refractivity contribution is -0.144. The molecule has 1 saturated heterocycles. The van der Waals surface area contributed by atoms with Crippen molar-refractivity contribution in [2.75, 3.05) is 26.3 Å². The van der Waals surface area contributed by atoms with E-state index in [1.165, 1.54) is 0 Å². The quantitative estimate of drug-likeness (QED) is 0.889. The maximum absolute atomic E-state index is 12.8. The van der Waals surface area contributed by atoms with Crippen molar-refractivity contribution in [1.82, 2.24) is 4.90 Å². The van der Waals surface area contributed by atoms with Crippen LogP contribution in [0.3, 0.4) is 0 Å². The first kappa shape index (κ1) is 14.0. The molecule has 1 fully saturated rings. The summed E-state index contributed by atoms with van der Waals surface area (Å²) in [7, 11) is 0. The largest absolute Gasteiger partial charge is 0.377 e. The first-order valence-corrected chi connectivity index (χ1v) is 6.71. The molecule has 4 heteroatoms. The van der Waals surface area contributed by atoms with Gasteiger partial charge in [0.05, 0.1) is 24.7 Å². The van der Waals surface area contributed by atoms with Crippen LogP contribution in [0.15, 0.2) is 30.3 Å². The molecule has 2 rings (SSSR count). The molecule has 1 unspecified atom stereocenters. The maximum atomic E-state index is 12.8. The van der Waals surface area contributed by atoms with Crippen molar-refractivity contribution in [2.24, 2.45) is 5.73 Å². The lowest BCUT2D eigenvalue weighted by atomic mass is 9.82. The van der Waals surface area contributed by atoms with E-state index in [-0.39, 0.29) is 11.9 Å². The molecule has 0 spiro atoms. The molecule has 104 valence electrons. The van der Waals surface area contributed by atoms with Crippen LogP contribution in [0, 0.1) is 0 Å². The fraction of sp³-hybridized carbons (Fsp3) is 0.533. The molecule has 1 aromatic rings. The van der Waals surface area contributed by atoms with Crippen LogP contribution in [-0.2, 0) is 14.9 Å². The first-order valence-electron chi connectivity index (χ1n) is 6.71. The van der Waals surface area contributed by atoms with Crippen molar-refractivity contribution in [3.8, 4) is 0 Å². The molecule has 0 bridgehead atoms. The summed E-state index contributed by atoms with van der Waals surface area (Å²) in [6, 6.07) is 9.87. The zero-order valence-corrected chi connectivity index (χ0v) is 11.6. The second-order valence-corrected chi connectivity index (χ2v) is 5.45. The molecule has 0 radical (unpaired) electrons. The van der Waals surface area contributed by atoms with E-state index in [9.17, 15) is 4.79 Å². The smallest absolute Gasteiger partial charge is 0.233 e. The molecular weight excluding hydrogens is 240 g/mol. The average Bonchev–Trinajstić information content (AvgIpc) is 2.47. The molecule has 1 amide bonds. The Hall–Kier alpha value is -1.39. The summed E-state index contributed by atoms with van der Waals surface area (Å²) < 4.78 is 5.40. The number of ether oxygens (including phenoxy) is 1. The van der Waals surface area contributed by atoms with Gasteiger partial charge in [-0.25, -0.2) is 0 Å². The van der Waals surface area contributed by atoms with Gasteiger partial charge in [-0.2, -0.15) is 0 Å². The highest BCUT2D eigenvalue weighted by molar-refractivity contribution is 5.87. The van der Waals surface area contributed by atoms with Crippen LogP contribution in [0.25, 0.3) is 0 Å². The monoisotopic (exact) mass is 262 g/mol. The number of rotatable bonds is 3. The van der Waals surface area contributed by atoms with Gasteiger partial charge >= 0.3 is 0 Å². The van der Waals surface area contributed by atoms with Crippen LogP contribution in [0.2, 0.25) is 0 Å². The third-order valence-corrected chi connectivity index (χ3v) is 3.79. The molecule has 2 N–H and O–H groups in total. The standard InChI is InChI=1S/C15H22N2O2/c1-15(2,12-6-4-3-5-7-12)14(18)17-8-9-19-11-13(17)10-16/h3-7,13H,8-11,16H2,1-2H3. The number of hydrogen-bond acceptors (Lipinski definition) is 3. The Labute approximate surface area is 114 Å². The highest BCUT2D eigenvalue weighted by atomic mass is 16.5. The van der Waals surface area contributed by atoms with Crippen LogP contribution in [0.5, 0.6) is 0 Å². The zero-order chi connectivity index (χ0) is 13.9. The molecule has 1 aliphatic rings. The average molecular weight is 262 g/mol. The Kier molecular flexibility index (Phi) is 4.22. The van der Waals surface area contributed by atoms with Gasteiger partial charge in [-0.3, -0.25) is 4.79 Å². The van der Waals surface area contributed by atoms with Crippen molar-refractivity contribution >= 4 is 5.91 Å². The van der Waals surface area contributed by atoms with Gasteiger partial charge in [-0.05, 0) is 19.4 Å². The highest BCUT2D eigenvalue weighted by Crippen LogP contribution is 2.27. The summed E-state index contributed by atoms with van der Waals surface area (Å²) in [5, 5.41) is 0. The van der Waals surface area contributed by atoms with Gasteiger partial charge in [-0.15, -0.1) is 0 Å². The SMILES string of the molecule is CC(C)(C(=O)N1CCOCC1CN)c1ccccc1. The van der Waals surface area contributed by atoms with E-state index < -0.39 is 5.41 Å². The minimum atomic E-state index is -0.536. The molecule has 0 saturated carbocycles. The summed E-state index contributed by atoms with van der Waals surface area (Å²) >= 11 is 0. The molecule has 19 heavy (non-hydrogen) atoms. The van der Waals surface area contributed by atoms with Gasteiger partial charge in [0.25, 0.3) is 0 Å². The van der Waals surface area contributed by atoms with Crippen molar-refractivity contribution in [1.29, 1.82) is 0 Å². The summed E-state index contributed by atoms with van der Waals surface area (Å²) in [6.45, 7) is 6.12. The Morgan fingerprint density at radius 2 is 2.11 bits per heavy atom. The lowest BCUT2D eigenvalue weighted by Gasteiger charge is -2.39. The molecule has 1 atom stereocenters. The third kappa shape index (κ3) is 2.80.